The maximum atomic E-state index is 11.3. The molecule has 0 amide bonds. The van der Waals surface area contributed by atoms with Gasteiger partial charge in [-0.25, -0.2) is 0 Å². The molecular formula is C9H13NO. The molecule has 0 aromatic rings. The molecule has 1 rings (SSSR count). The van der Waals surface area contributed by atoms with Crippen molar-refractivity contribution in [3.05, 3.63) is 0 Å². The summed E-state index contributed by atoms with van der Waals surface area (Å²) in [6.07, 6.45) is 2.09. The first-order chi connectivity index (χ1) is 5.09. The van der Waals surface area contributed by atoms with Crippen molar-refractivity contribution < 1.29 is 4.79 Å². The van der Waals surface area contributed by atoms with Crippen molar-refractivity contribution in [3.63, 3.8) is 0 Å². The summed E-state index contributed by atoms with van der Waals surface area (Å²) in [4.78, 5) is 11.3. The molecule has 0 saturated heterocycles. The maximum absolute atomic E-state index is 11.3. The summed E-state index contributed by atoms with van der Waals surface area (Å²) >= 11 is 0. The van der Waals surface area contributed by atoms with Gasteiger partial charge in [-0.2, -0.15) is 5.26 Å². The second kappa shape index (κ2) is 2.65. The van der Waals surface area contributed by atoms with Gasteiger partial charge in [-0.15, -0.1) is 0 Å². The summed E-state index contributed by atoms with van der Waals surface area (Å²) < 4.78 is 0. The van der Waals surface area contributed by atoms with Crippen molar-refractivity contribution in [2.45, 2.75) is 33.1 Å². The van der Waals surface area contributed by atoms with Gasteiger partial charge in [0.15, 0.2) is 0 Å². The fourth-order valence-corrected chi connectivity index (χ4v) is 1.68. The van der Waals surface area contributed by atoms with Crippen LogP contribution >= 0.6 is 0 Å². The summed E-state index contributed by atoms with van der Waals surface area (Å²) in [7, 11) is 0. The van der Waals surface area contributed by atoms with Crippen molar-refractivity contribution in [2.24, 2.45) is 11.3 Å². The van der Waals surface area contributed by atoms with E-state index in [2.05, 4.69) is 6.07 Å². The fourth-order valence-electron chi connectivity index (χ4n) is 1.68. The Kier molecular flexibility index (Phi) is 1.99. The molecule has 60 valence electrons. The highest BCUT2D eigenvalue weighted by atomic mass is 16.1. The van der Waals surface area contributed by atoms with E-state index in [0.29, 0.717) is 24.5 Å². The molecule has 1 aliphatic rings. The summed E-state index contributed by atoms with van der Waals surface area (Å²) in [5.74, 6) is 0.609. The molecule has 0 aromatic heterocycles. The molecule has 0 N–H and O–H groups in total. The van der Waals surface area contributed by atoms with E-state index in [9.17, 15) is 4.79 Å². The average Bonchev–Trinajstić information content (AvgIpc) is 2.16. The molecule has 11 heavy (non-hydrogen) atoms. The Labute approximate surface area is 67.2 Å². The monoisotopic (exact) mass is 151 g/mol. The predicted molar refractivity (Wildman–Crippen MR) is 41.7 cm³/mol. The minimum absolute atomic E-state index is 0.240. The Morgan fingerprint density at radius 3 is 2.73 bits per heavy atom. The van der Waals surface area contributed by atoms with Crippen molar-refractivity contribution in [3.8, 4) is 6.07 Å². The second-order valence-corrected chi connectivity index (χ2v) is 3.74. The van der Waals surface area contributed by atoms with Gasteiger partial charge in [0.2, 0.25) is 0 Å². The largest absolute Gasteiger partial charge is 0.299 e. The van der Waals surface area contributed by atoms with E-state index in [1.807, 2.05) is 13.8 Å². The van der Waals surface area contributed by atoms with Crippen LogP contribution in [0, 0.1) is 22.7 Å². The van der Waals surface area contributed by atoms with E-state index in [0.717, 1.165) is 6.42 Å². The zero-order chi connectivity index (χ0) is 8.48. The van der Waals surface area contributed by atoms with E-state index in [4.69, 9.17) is 5.26 Å². The summed E-state index contributed by atoms with van der Waals surface area (Å²) in [6.45, 7) is 3.90. The van der Waals surface area contributed by atoms with Gasteiger partial charge in [0.05, 0.1) is 6.07 Å². The van der Waals surface area contributed by atoms with E-state index in [1.165, 1.54) is 0 Å². The Balaban J connectivity index is 2.72. The third kappa shape index (κ3) is 1.28. The minimum atomic E-state index is -0.240. The lowest BCUT2D eigenvalue weighted by atomic mass is 9.80. The van der Waals surface area contributed by atoms with Crippen LogP contribution in [-0.4, -0.2) is 5.78 Å². The first-order valence-corrected chi connectivity index (χ1v) is 3.99. The Morgan fingerprint density at radius 1 is 1.73 bits per heavy atom. The van der Waals surface area contributed by atoms with Crippen LogP contribution in [0.2, 0.25) is 0 Å². The highest BCUT2D eigenvalue weighted by Crippen LogP contribution is 2.41. The number of Topliss-reactive ketones (excluding diaryl/α,β-unsaturated/α-hetero) is 1. The van der Waals surface area contributed by atoms with Crippen LogP contribution in [0.4, 0.5) is 0 Å². The zero-order valence-electron chi connectivity index (χ0n) is 7.05. The van der Waals surface area contributed by atoms with Gasteiger partial charge in [-0.1, -0.05) is 13.8 Å². The van der Waals surface area contributed by atoms with Gasteiger partial charge < -0.3 is 0 Å². The molecule has 0 unspecified atom stereocenters. The first-order valence-electron chi connectivity index (χ1n) is 3.99. The number of hydrogen-bond donors (Lipinski definition) is 0. The molecule has 0 radical (unpaired) electrons. The topological polar surface area (TPSA) is 40.9 Å². The van der Waals surface area contributed by atoms with E-state index in [-0.39, 0.29) is 5.41 Å². The third-order valence-electron chi connectivity index (χ3n) is 2.80. The van der Waals surface area contributed by atoms with Gasteiger partial charge in [0.25, 0.3) is 0 Å². The SMILES string of the molecule is CC1(C)C(=O)CC[C@H]1CC#N. The molecule has 1 saturated carbocycles. The number of hydrogen-bond acceptors (Lipinski definition) is 2. The number of ketones is 1. The fraction of sp³-hybridized carbons (Fsp3) is 0.778. The number of rotatable bonds is 1. The van der Waals surface area contributed by atoms with Crippen LogP contribution in [0.3, 0.4) is 0 Å². The van der Waals surface area contributed by atoms with Crippen LogP contribution in [-0.2, 0) is 4.79 Å². The average molecular weight is 151 g/mol. The van der Waals surface area contributed by atoms with Gasteiger partial charge in [0.1, 0.15) is 5.78 Å². The predicted octanol–water partition coefficient (Wildman–Crippen LogP) is 1.91. The number of carbonyl (C=O) groups is 1. The van der Waals surface area contributed by atoms with Crippen LogP contribution < -0.4 is 0 Å². The van der Waals surface area contributed by atoms with Crippen molar-refractivity contribution in [1.29, 1.82) is 5.26 Å². The summed E-state index contributed by atoms with van der Waals surface area (Å²) in [5.41, 5.74) is -0.240. The molecule has 0 spiro atoms. The lowest BCUT2D eigenvalue weighted by Gasteiger charge is -2.22. The first kappa shape index (κ1) is 8.26. The number of nitrogens with zero attached hydrogens (tertiary/aromatic N) is 1. The normalized spacial score (nSPS) is 28.5. The summed E-state index contributed by atoms with van der Waals surface area (Å²) in [5, 5.41) is 8.48. The van der Waals surface area contributed by atoms with Gasteiger partial charge in [-0.05, 0) is 12.3 Å². The molecule has 1 fully saturated rings. The summed E-state index contributed by atoms with van der Waals surface area (Å²) in [6, 6.07) is 2.13. The standard InChI is InChI=1S/C9H13NO/c1-9(2)7(5-6-10)3-4-8(9)11/h7H,3-5H2,1-2H3/t7-/m0/s1. The van der Waals surface area contributed by atoms with Gasteiger partial charge in [0, 0.05) is 18.3 Å². The van der Waals surface area contributed by atoms with Crippen molar-refractivity contribution in [1.82, 2.24) is 0 Å². The molecule has 0 heterocycles. The van der Waals surface area contributed by atoms with Crippen LogP contribution in [0.15, 0.2) is 0 Å². The Hall–Kier alpha value is -0.840. The van der Waals surface area contributed by atoms with Gasteiger partial charge in [-0.3, -0.25) is 4.79 Å². The third-order valence-corrected chi connectivity index (χ3v) is 2.80. The Bertz CT molecular complexity index is 212. The van der Waals surface area contributed by atoms with Gasteiger partial charge >= 0.3 is 0 Å². The number of carbonyl (C=O) groups excluding carboxylic acids is 1. The lowest BCUT2D eigenvalue weighted by Crippen LogP contribution is -2.24. The van der Waals surface area contributed by atoms with Crippen LogP contribution in [0.5, 0.6) is 0 Å². The molecule has 1 aliphatic carbocycles. The Morgan fingerprint density at radius 2 is 2.36 bits per heavy atom. The smallest absolute Gasteiger partial charge is 0.138 e. The molecular weight excluding hydrogens is 138 g/mol. The number of nitriles is 1. The molecule has 2 heteroatoms. The molecule has 0 bridgehead atoms. The molecule has 0 aliphatic heterocycles. The van der Waals surface area contributed by atoms with Crippen LogP contribution in [0.1, 0.15) is 33.1 Å². The quantitative estimate of drug-likeness (QED) is 0.574. The van der Waals surface area contributed by atoms with Crippen molar-refractivity contribution >= 4 is 5.78 Å². The minimum Gasteiger partial charge on any atom is -0.299 e. The molecule has 1 atom stereocenters. The second-order valence-electron chi connectivity index (χ2n) is 3.74. The molecule has 0 aromatic carbocycles. The molecule has 2 nitrogen and oxygen atoms in total. The zero-order valence-corrected chi connectivity index (χ0v) is 7.05. The maximum Gasteiger partial charge on any atom is 0.138 e. The van der Waals surface area contributed by atoms with E-state index in [1.54, 1.807) is 0 Å². The highest BCUT2D eigenvalue weighted by molar-refractivity contribution is 5.86. The van der Waals surface area contributed by atoms with Crippen LogP contribution in [0.25, 0.3) is 0 Å². The van der Waals surface area contributed by atoms with Crippen molar-refractivity contribution in [2.75, 3.05) is 0 Å². The lowest BCUT2D eigenvalue weighted by molar-refractivity contribution is -0.125. The highest BCUT2D eigenvalue weighted by Gasteiger charge is 2.41. The van der Waals surface area contributed by atoms with E-state index >= 15 is 0 Å². The van der Waals surface area contributed by atoms with E-state index < -0.39 is 0 Å².